The van der Waals surface area contributed by atoms with E-state index in [2.05, 4.69) is 10.0 Å². The topological polar surface area (TPSA) is 97.6 Å². The zero-order valence-corrected chi connectivity index (χ0v) is 13.6. The molecule has 0 aliphatic heterocycles. The Morgan fingerprint density at radius 2 is 1.96 bits per heavy atom. The first-order valence-electron chi connectivity index (χ1n) is 6.87. The van der Waals surface area contributed by atoms with Crippen LogP contribution in [0.2, 0.25) is 0 Å². The molecule has 124 valence electrons. The summed E-state index contributed by atoms with van der Waals surface area (Å²) in [6, 6.07) is 7.08. The highest BCUT2D eigenvalue weighted by atomic mass is 32.2. The molecule has 0 aliphatic carbocycles. The molecule has 1 aromatic heterocycles. The van der Waals surface area contributed by atoms with Gasteiger partial charge in [-0.3, -0.25) is 4.79 Å². The van der Waals surface area contributed by atoms with Gasteiger partial charge in [0.2, 0.25) is 10.0 Å². The normalized spacial score (nSPS) is 12.8. The van der Waals surface area contributed by atoms with E-state index < -0.39 is 10.0 Å². The van der Waals surface area contributed by atoms with Crippen LogP contribution in [0, 0.1) is 0 Å². The lowest BCUT2D eigenvalue weighted by Gasteiger charge is -2.13. The van der Waals surface area contributed by atoms with Crippen molar-refractivity contribution in [3.05, 3.63) is 48.4 Å². The van der Waals surface area contributed by atoms with Crippen molar-refractivity contribution in [1.29, 1.82) is 0 Å². The zero-order valence-electron chi connectivity index (χ0n) is 12.8. The Kier molecular flexibility index (Phi) is 5.54. The van der Waals surface area contributed by atoms with Gasteiger partial charge in [-0.1, -0.05) is 0 Å². The molecule has 0 fully saturated rings. The monoisotopic (exact) mass is 338 g/mol. The van der Waals surface area contributed by atoms with Crippen molar-refractivity contribution in [1.82, 2.24) is 4.72 Å². The maximum Gasteiger partial charge on any atom is 0.258 e. The van der Waals surface area contributed by atoms with Crippen LogP contribution in [0.1, 0.15) is 17.3 Å². The van der Waals surface area contributed by atoms with Crippen molar-refractivity contribution in [3.63, 3.8) is 0 Å². The Bertz CT molecular complexity index is 739. The first-order chi connectivity index (χ1) is 10.9. The minimum Gasteiger partial charge on any atom is -0.472 e. The average molecular weight is 338 g/mol. The minimum atomic E-state index is -3.63. The Morgan fingerprint density at radius 3 is 2.52 bits per heavy atom. The van der Waals surface area contributed by atoms with Gasteiger partial charge in [0.1, 0.15) is 6.26 Å². The number of hydrogen-bond donors (Lipinski definition) is 2. The summed E-state index contributed by atoms with van der Waals surface area (Å²) in [7, 11) is -2.13. The molecule has 0 saturated carbocycles. The van der Waals surface area contributed by atoms with Gasteiger partial charge in [0.25, 0.3) is 5.91 Å². The summed E-state index contributed by atoms with van der Waals surface area (Å²) >= 11 is 0. The molecule has 1 amide bonds. The van der Waals surface area contributed by atoms with Crippen molar-refractivity contribution in [2.75, 3.05) is 19.0 Å². The highest BCUT2D eigenvalue weighted by Crippen LogP contribution is 2.15. The van der Waals surface area contributed by atoms with E-state index in [4.69, 9.17) is 9.15 Å². The number of ether oxygens (including phenoxy) is 1. The molecule has 0 unspecified atom stereocenters. The molecule has 0 radical (unpaired) electrons. The summed E-state index contributed by atoms with van der Waals surface area (Å²) in [6.45, 7) is 1.98. The van der Waals surface area contributed by atoms with Crippen molar-refractivity contribution < 1.29 is 22.4 Å². The van der Waals surface area contributed by atoms with Crippen LogP contribution < -0.4 is 10.0 Å². The summed E-state index contributed by atoms with van der Waals surface area (Å²) in [5.41, 5.74) is 0.872. The number of hydrogen-bond acceptors (Lipinski definition) is 5. The van der Waals surface area contributed by atoms with Gasteiger partial charge in [-0.2, -0.15) is 0 Å². The van der Waals surface area contributed by atoms with E-state index in [9.17, 15) is 13.2 Å². The Labute approximate surface area is 134 Å². The van der Waals surface area contributed by atoms with Crippen molar-refractivity contribution in [3.8, 4) is 0 Å². The molecule has 7 nitrogen and oxygen atoms in total. The summed E-state index contributed by atoms with van der Waals surface area (Å²) in [5, 5.41) is 2.65. The molecule has 23 heavy (non-hydrogen) atoms. The molecule has 0 spiro atoms. The second-order valence-electron chi connectivity index (χ2n) is 4.97. The van der Waals surface area contributed by atoms with E-state index in [0.29, 0.717) is 11.3 Å². The maximum atomic E-state index is 12.2. The summed E-state index contributed by atoms with van der Waals surface area (Å²) in [4.78, 5) is 12.0. The molecule has 0 bridgehead atoms. The van der Waals surface area contributed by atoms with Gasteiger partial charge in [0, 0.05) is 18.8 Å². The Hall–Kier alpha value is -2.16. The predicted octanol–water partition coefficient (Wildman–Crippen LogP) is 1.85. The number of carbonyl (C=O) groups is 1. The fourth-order valence-electron chi connectivity index (χ4n) is 1.93. The van der Waals surface area contributed by atoms with E-state index in [1.54, 1.807) is 6.92 Å². The number of benzene rings is 1. The fraction of sp³-hybridized carbons (Fsp3) is 0.267. The zero-order chi connectivity index (χ0) is 16.9. The SMILES string of the molecule is COC[C@H](C)NS(=O)(=O)c1ccc(NC(=O)c2ccoc2)cc1. The van der Waals surface area contributed by atoms with Gasteiger partial charge in [-0.25, -0.2) is 13.1 Å². The second kappa shape index (κ2) is 7.40. The van der Waals surface area contributed by atoms with E-state index in [1.165, 1.54) is 50.0 Å². The van der Waals surface area contributed by atoms with Gasteiger partial charge in [0.05, 0.1) is 23.3 Å². The van der Waals surface area contributed by atoms with Gasteiger partial charge in [-0.15, -0.1) is 0 Å². The van der Waals surface area contributed by atoms with Crippen molar-refractivity contribution in [2.24, 2.45) is 0 Å². The van der Waals surface area contributed by atoms with Crippen molar-refractivity contribution in [2.45, 2.75) is 17.9 Å². The summed E-state index contributed by atoms with van der Waals surface area (Å²) < 4.78 is 36.6. The van der Waals surface area contributed by atoms with Gasteiger partial charge in [-0.05, 0) is 37.3 Å². The Morgan fingerprint density at radius 1 is 1.26 bits per heavy atom. The van der Waals surface area contributed by atoms with Crippen molar-refractivity contribution >= 4 is 21.6 Å². The fourth-order valence-corrected chi connectivity index (χ4v) is 3.16. The number of anilines is 1. The van der Waals surface area contributed by atoms with Crippen LogP contribution >= 0.6 is 0 Å². The third kappa shape index (κ3) is 4.65. The maximum absolute atomic E-state index is 12.2. The molecule has 1 atom stereocenters. The number of nitrogens with one attached hydrogen (secondary N) is 2. The molecule has 2 aromatic rings. The van der Waals surface area contributed by atoms with E-state index in [1.807, 2.05) is 0 Å². The van der Waals surface area contributed by atoms with E-state index in [0.717, 1.165) is 0 Å². The summed E-state index contributed by atoms with van der Waals surface area (Å²) in [5.74, 6) is -0.332. The number of methoxy groups -OCH3 is 1. The highest BCUT2D eigenvalue weighted by Gasteiger charge is 2.17. The third-order valence-corrected chi connectivity index (χ3v) is 4.58. The molecule has 0 aliphatic rings. The first-order valence-corrected chi connectivity index (χ1v) is 8.35. The smallest absolute Gasteiger partial charge is 0.258 e. The molecule has 1 aromatic carbocycles. The lowest BCUT2D eigenvalue weighted by molar-refractivity contribution is 0.102. The third-order valence-electron chi connectivity index (χ3n) is 2.98. The molecule has 2 N–H and O–H groups in total. The number of sulfonamides is 1. The predicted molar refractivity (Wildman–Crippen MR) is 84.8 cm³/mol. The molecule has 8 heteroatoms. The molecule has 1 heterocycles. The van der Waals surface area contributed by atoms with Gasteiger partial charge in [0.15, 0.2) is 0 Å². The summed E-state index contributed by atoms with van der Waals surface area (Å²) in [6.07, 6.45) is 2.73. The van der Waals surface area contributed by atoms with E-state index in [-0.39, 0.29) is 23.5 Å². The van der Waals surface area contributed by atoms with Crippen LogP contribution in [-0.4, -0.2) is 34.1 Å². The van der Waals surface area contributed by atoms with Crippen LogP contribution in [0.3, 0.4) is 0 Å². The van der Waals surface area contributed by atoms with Crippen LogP contribution in [0.5, 0.6) is 0 Å². The first kappa shape index (κ1) is 17.2. The standard InChI is InChI=1S/C15H18N2O5S/c1-11(9-21-2)17-23(19,20)14-5-3-13(4-6-14)16-15(18)12-7-8-22-10-12/h3-8,10-11,17H,9H2,1-2H3,(H,16,18)/t11-/m0/s1. The quantitative estimate of drug-likeness (QED) is 0.803. The molecule has 0 saturated heterocycles. The van der Waals surface area contributed by atoms with E-state index >= 15 is 0 Å². The number of carbonyl (C=O) groups excluding carboxylic acids is 1. The largest absolute Gasteiger partial charge is 0.472 e. The number of rotatable bonds is 7. The minimum absolute atomic E-state index is 0.113. The number of amides is 1. The highest BCUT2D eigenvalue weighted by molar-refractivity contribution is 7.89. The number of furan rings is 1. The molecule has 2 rings (SSSR count). The lowest BCUT2D eigenvalue weighted by Crippen LogP contribution is -2.35. The lowest BCUT2D eigenvalue weighted by atomic mass is 10.3. The van der Waals surface area contributed by atoms with Crippen LogP contribution in [0.15, 0.2) is 52.2 Å². The van der Waals surface area contributed by atoms with Gasteiger partial charge >= 0.3 is 0 Å². The van der Waals surface area contributed by atoms with Crippen LogP contribution in [0.4, 0.5) is 5.69 Å². The van der Waals surface area contributed by atoms with Crippen LogP contribution in [0.25, 0.3) is 0 Å². The Balaban J connectivity index is 2.05. The van der Waals surface area contributed by atoms with Gasteiger partial charge < -0.3 is 14.5 Å². The molecular formula is C15H18N2O5S. The van der Waals surface area contributed by atoms with Crippen LogP contribution in [-0.2, 0) is 14.8 Å². The molecular weight excluding hydrogens is 320 g/mol. The second-order valence-corrected chi connectivity index (χ2v) is 6.68. The average Bonchev–Trinajstić information content (AvgIpc) is 3.01.